The lowest BCUT2D eigenvalue weighted by Crippen LogP contribution is -2.44. The molecular weight excluding hydrogens is 422 g/mol. The number of aryl methyl sites for hydroxylation is 1. The molecule has 1 saturated heterocycles. The topological polar surface area (TPSA) is 62.6 Å². The van der Waals surface area contributed by atoms with Gasteiger partial charge in [0.15, 0.2) is 0 Å². The summed E-state index contributed by atoms with van der Waals surface area (Å²) in [5.41, 5.74) is 5.35. The van der Waals surface area contributed by atoms with Crippen molar-refractivity contribution in [3.63, 3.8) is 0 Å². The van der Waals surface area contributed by atoms with E-state index in [4.69, 9.17) is 0 Å². The summed E-state index contributed by atoms with van der Waals surface area (Å²) in [5, 5.41) is -0.392. The molecule has 0 N–H and O–H groups in total. The van der Waals surface area contributed by atoms with Crippen molar-refractivity contribution in [2.45, 2.75) is 53.1 Å². The number of imide groups is 1. The molecule has 0 unspecified atom stereocenters. The molecule has 0 bridgehead atoms. The maximum Gasteiger partial charge on any atom is 0.294 e. The minimum Gasteiger partial charge on any atom is -0.343 e. The first-order chi connectivity index (χ1) is 15.1. The van der Waals surface area contributed by atoms with Gasteiger partial charge in [-0.15, -0.1) is 0 Å². The average Bonchev–Trinajstić information content (AvgIpc) is 3.16. The number of aromatic nitrogens is 1. The Kier molecular flexibility index (Phi) is 5.79. The van der Waals surface area contributed by atoms with Gasteiger partial charge in [0.05, 0.1) is 4.91 Å². The van der Waals surface area contributed by atoms with Crippen LogP contribution in [-0.4, -0.2) is 44.5 Å². The van der Waals surface area contributed by atoms with Gasteiger partial charge in [-0.2, -0.15) is 0 Å². The van der Waals surface area contributed by atoms with E-state index in [1.165, 1.54) is 5.56 Å². The monoisotopic (exact) mass is 451 g/mol. The molecule has 1 fully saturated rings. The first-order valence-electron chi connectivity index (χ1n) is 10.9. The van der Waals surface area contributed by atoms with Crippen LogP contribution in [0, 0.1) is 13.8 Å². The Morgan fingerprint density at radius 2 is 1.81 bits per heavy atom. The Labute approximate surface area is 193 Å². The lowest BCUT2D eigenvalue weighted by molar-refractivity contribution is -0.136. The molecule has 2 aromatic rings. The standard InChI is InChI=1S/C25H29N3O3S/c1-16-12-20(17(2)28(16)25(3,4)5)13-21-23(30)27(24(31)32-21)15-22(29)26-11-10-18-8-6-7-9-19(18)14-26/h6-9,12-13H,10-11,14-15H2,1-5H3/b21-13-. The van der Waals surface area contributed by atoms with Crippen LogP contribution >= 0.6 is 11.8 Å². The predicted molar refractivity (Wildman–Crippen MR) is 127 cm³/mol. The van der Waals surface area contributed by atoms with E-state index >= 15 is 0 Å². The third-order valence-corrected chi connectivity index (χ3v) is 6.99. The summed E-state index contributed by atoms with van der Waals surface area (Å²) in [5.74, 6) is -0.597. The van der Waals surface area contributed by atoms with Crippen molar-refractivity contribution in [3.05, 3.63) is 63.3 Å². The zero-order valence-electron chi connectivity index (χ0n) is 19.3. The number of carbonyl (C=O) groups is 3. The highest BCUT2D eigenvalue weighted by molar-refractivity contribution is 8.18. The molecule has 1 aromatic heterocycles. The molecule has 6 nitrogen and oxygen atoms in total. The Balaban J connectivity index is 1.50. The van der Waals surface area contributed by atoms with Crippen molar-refractivity contribution in [1.82, 2.24) is 14.4 Å². The summed E-state index contributed by atoms with van der Waals surface area (Å²) in [6, 6.07) is 10.1. The second kappa shape index (κ2) is 8.28. The van der Waals surface area contributed by atoms with E-state index in [1.807, 2.05) is 38.1 Å². The highest BCUT2D eigenvalue weighted by Crippen LogP contribution is 2.34. The van der Waals surface area contributed by atoms with Crippen molar-refractivity contribution < 1.29 is 14.4 Å². The Morgan fingerprint density at radius 3 is 2.47 bits per heavy atom. The van der Waals surface area contributed by atoms with Crippen LogP contribution in [0.4, 0.5) is 4.79 Å². The molecule has 0 radical (unpaired) electrons. The number of thioether (sulfide) groups is 1. The second-order valence-electron chi connectivity index (χ2n) is 9.43. The normalized spacial score (nSPS) is 18.0. The highest BCUT2D eigenvalue weighted by atomic mass is 32.2. The number of fused-ring (bicyclic) bond motifs is 1. The summed E-state index contributed by atoms with van der Waals surface area (Å²) < 4.78 is 2.22. The number of hydrogen-bond donors (Lipinski definition) is 0. The van der Waals surface area contributed by atoms with Gasteiger partial charge in [-0.05, 0) is 81.6 Å². The lowest BCUT2D eigenvalue weighted by atomic mass is 10.00. The highest BCUT2D eigenvalue weighted by Gasteiger charge is 2.37. The van der Waals surface area contributed by atoms with Gasteiger partial charge in [0.1, 0.15) is 6.54 Å². The maximum atomic E-state index is 13.0. The van der Waals surface area contributed by atoms with Gasteiger partial charge in [-0.25, -0.2) is 0 Å². The van der Waals surface area contributed by atoms with Gasteiger partial charge >= 0.3 is 0 Å². The summed E-state index contributed by atoms with van der Waals surface area (Å²) >= 11 is 0.904. The molecule has 0 atom stereocenters. The van der Waals surface area contributed by atoms with E-state index in [9.17, 15) is 14.4 Å². The molecule has 2 aliphatic heterocycles. The fourth-order valence-electron chi connectivity index (χ4n) is 4.69. The van der Waals surface area contributed by atoms with Crippen LogP contribution in [0.5, 0.6) is 0 Å². The molecule has 3 heterocycles. The van der Waals surface area contributed by atoms with E-state index in [0.717, 1.165) is 45.6 Å². The fourth-order valence-corrected chi connectivity index (χ4v) is 5.52. The lowest BCUT2D eigenvalue weighted by Gasteiger charge is -2.29. The van der Waals surface area contributed by atoms with E-state index in [-0.39, 0.29) is 18.0 Å². The van der Waals surface area contributed by atoms with Gasteiger partial charge < -0.3 is 9.47 Å². The van der Waals surface area contributed by atoms with E-state index in [2.05, 4.69) is 31.4 Å². The smallest absolute Gasteiger partial charge is 0.294 e. The third kappa shape index (κ3) is 4.13. The van der Waals surface area contributed by atoms with Crippen LogP contribution in [-0.2, 0) is 28.1 Å². The van der Waals surface area contributed by atoms with Crippen LogP contribution in [0.1, 0.15) is 48.8 Å². The number of nitrogens with zero attached hydrogens (tertiary/aromatic N) is 3. The summed E-state index contributed by atoms with van der Waals surface area (Å²) in [6.07, 6.45) is 2.56. The van der Waals surface area contributed by atoms with Crippen LogP contribution in [0.25, 0.3) is 6.08 Å². The summed E-state index contributed by atoms with van der Waals surface area (Å²) in [6.45, 7) is 11.4. The minimum atomic E-state index is -0.397. The molecule has 2 aliphatic rings. The number of amides is 3. The van der Waals surface area contributed by atoms with Gasteiger partial charge in [0.25, 0.3) is 11.1 Å². The molecule has 32 heavy (non-hydrogen) atoms. The summed E-state index contributed by atoms with van der Waals surface area (Å²) in [7, 11) is 0. The molecule has 1 aromatic carbocycles. The van der Waals surface area contributed by atoms with Crippen molar-refractivity contribution in [3.8, 4) is 0 Å². The SMILES string of the molecule is Cc1cc(/C=C2\SC(=O)N(CC(=O)N3CCc4ccccc4C3)C2=O)c(C)n1C(C)(C)C. The molecule has 168 valence electrons. The predicted octanol–water partition coefficient (Wildman–Crippen LogP) is 4.48. The molecule has 0 spiro atoms. The zero-order chi connectivity index (χ0) is 23.2. The van der Waals surface area contributed by atoms with Crippen LogP contribution < -0.4 is 0 Å². The molecular formula is C25H29N3O3S. The number of benzene rings is 1. The molecule has 4 rings (SSSR count). The average molecular weight is 452 g/mol. The first-order valence-corrected chi connectivity index (χ1v) is 11.7. The fraction of sp³-hybridized carbons (Fsp3) is 0.400. The van der Waals surface area contributed by atoms with Crippen molar-refractivity contribution >= 4 is 34.9 Å². The molecule has 0 aliphatic carbocycles. The van der Waals surface area contributed by atoms with E-state index in [0.29, 0.717) is 18.0 Å². The van der Waals surface area contributed by atoms with Gasteiger partial charge in [0, 0.05) is 30.0 Å². The number of hydrogen-bond acceptors (Lipinski definition) is 4. The molecule has 0 saturated carbocycles. The number of rotatable bonds is 3. The van der Waals surface area contributed by atoms with Crippen molar-refractivity contribution in [1.29, 1.82) is 0 Å². The van der Waals surface area contributed by atoms with Gasteiger partial charge in [-0.1, -0.05) is 24.3 Å². The van der Waals surface area contributed by atoms with Crippen LogP contribution in [0.15, 0.2) is 35.2 Å². The number of carbonyl (C=O) groups excluding carboxylic acids is 3. The summed E-state index contributed by atoms with van der Waals surface area (Å²) in [4.78, 5) is 41.6. The molecule has 7 heteroatoms. The van der Waals surface area contributed by atoms with E-state index in [1.54, 1.807) is 11.0 Å². The van der Waals surface area contributed by atoms with E-state index < -0.39 is 11.1 Å². The van der Waals surface area contributed by atoms with Gasteiger partial charge in [0.2, 0.25) is 5.91 Å². The quantitative estimate of drug-likeness (QED) is 0.646. The Hall–Kier alpha value is -2.80. The molecule has 3 amide bonds. The second-order valence-corrected chi connectivity index (χ2v) is 10.4. The van der Waals surface area contributed by atoms with Crippen LogP contribution in [0.3, 0.4) is 0 Å². The minimum absolute atomic E-state index is 0.0842. The maximum absolute atomic E-state index is 13.0. The first kappa shape index (κ1) is 22.4. The van der Waals surface area contributed by atoms with Crippen LogP contribution in [0.2, 0.25) is 0 Å². The Morgan fingerprint density at radius 1 is 1.12 bits per heavy atom. The van der Waals surface area contributed by atoms with Gasteiger partial charge in [-0.3, -0.25) is 19.3 Å². The van der Waals surface area contributed by atoms with Crippen molar-refractivity contribution in [2.24, 2.45) is 0 Å². The zero-order valence-corrected chi connectivity index (χ0v) is 20.1. The largest absolute Gasteiger partial charge is 0.343 e. The third-order valence-electron chi connectivity index (χ3n) is 6.08. The van der Waals surface area contributed by atoms with Crippen molar-refractivity contribution in [2.75, 3.05) is 13.1 Å². The Bertz CT molecular complexity index is 1140.